The topological polar surface area (TPSA) is 132 Å². The number of urea groups is 1. The first-order valence-electron chi connectivity index (χ1n) is 6.02. The molecule has 0 fully saturated rings. The maximum Gasteiger partial charge on any atom is 0.332 e. The van der Waals surface area contributed by atoms with Crippen LogP contribution in [0.25, 0.3) is 0 Å². The summed E-state index contributed by atoms with van der Waals surface area (Å²) in [7, 11) is 1.41. The molecular weight excluding hydrogens is 278 g/mol. The highest BCUT2D eigenvalue weighted by atomic mass is 16.5. The molecule has 0 bridgehead atoms. The number of aliphatic carboxylic acids is 1. The third-order valence-corrected chi connectivity index (χ3v) is 2.59. The largest absolute Gasteiger partial charge is 0.495 e. The number of anilines is 1. The minimum absolute atomic E-state index is 0.0314. The second-order valence-electron chi connectivity index (χ2n) is 4.02. The number of benzene rings is 1. The first kappa shape index (κ1) is 16.3. The molecule has 8 nitrogen and oxygen atoms in total. The van der Waals surface area contributed by atoms with Crippen LogP contribution in [0, 0.1) is 11.3 Å². The number of hydrogen-bond acceptors (Lipinski definition) is 5. The van der Waals surface area contributed by atoms with E-state index in [0.29, 0.717) is 5.75 Å². The molecular formula is C13H15N3O5. The number of rotatable bonds is 6. The Kier molecular flexibility index (Phi) is 5.98. The lowest BCUT2D eigenvalue weighted by atomic mass is 10.2. The van der Waals surface area contributed by atoms with Crippen LogP contribution in [0.1, 0.15) is 12.0 Å². The van der Waals surface area contributed by atoms with E-state index in [-0.39, 0.29) is 24.2 Å². The Balaban J connectivity index is 2.63. The predicted molar refractivity (Wildman–Crippen MR) is 73.0 cm³/mol. The second kappa shape index (κ2) is 7.72. The van der Waals surface area contributed by atoms with Gasteiger partial charge in [0.05, 0.1) is 12.7 Å². The Labute approximate surface area is 121 Å². The Morgan fingerprint density at radius 2 is 2.19 bits per heavy atom. The first-order valence-corrected chi connectivity index (χ1v) is 6.02. The molecule has 0 aliphatic rings. The minimum Gasteiger partial charge on any atom is -0.495 e. The van der Waals surface area contributed by atoms with Crippen molar-refractivity contribution in [3.05, 3.63) is 23.8 Å². The number of carbonyl (C=O) groups is 2. The summed E-state index contributed by atoms with van der Waals surface area (Å²) >= 11 is 0. The van der Waals surface area contributed by atoms with Crippen molar-refractivity contribution in [3.8, 4) is 11.8 Å². The Bertz CT molecular complexity index is 567. The smallest absolute Gasteiger partial charge is 0.332 e. The second-order valence-corrected chi connectivity index (χ2v) is 4.02. The molecule has 21 heavy (non-hydrogen) atoms. The number of para-hydroxylation sites is 1. The third-order valence-electron chi connectivity index (χ3n) is 2.59. The van der Waals surface area contributed by atoms with Gasteiger partial charge in [-0.1, -0.05) is 6.07 Å². The fourth-order valence-corrected chi connectivity index (χ4v) is 1.53. The molecule has 1 aromatic rings. The van der Waals surface area contributed by atoms with E-state index in [1.807, 2.05) is 6.07 Å². The van der Waals surface area contributed by atoms with Crippen molar-refractivity contribution in [2.24, 2.45) is 0 Å². The van der Waals surface area contributed by atoms with Gasteiger partial charge in [0.1, 0.15) is 17.5 Å². The molecule has 0 heterocycles. The van der Waals surface area contributed by atoms with E-state index in [9.17, 15) is 9.59 Å². The van der Waals surface area contributed by atoms with Crippen molar-refractivity contribution >= 4 is 17.7 Å². The van der Waals surface area contributed by atoms with Gasteiger partial charge in [-0.3, -0.25) is 0 Å². The zero-order chi connectivity index (χ0) is 15.8. The van der Waals surface area contributed by atoms with Crippen LogP contribution in [-0.4, -0.2) is 42.0 Å². The van der Waals surface area contributed by atoms with Gasteiger partial charge >= 0.3 is 12.0 Å². The van der Waals surface area contributed by atoms with Gasteiger partial charge in [0.15, 0.2) is 6.10 Å². The molecule has 0 spiro atoms. The zero-order valence-corrected chi connectivity index (χ0v) is 11.3. The average Bonchev–Trinajstić information content (AvgIpc) is 2.47. The van der Waals surface area contributed by atoms with Crippen molar-refractivity contribution in [2.45, 2.75) is 12.5 Å². The maximum atomic E-state index is 11.7. The molecule has 1 aromatic carbocycles. The van der Waals surface area contributed by atoms with Gasteiger partial charge in [-0.05, 0) is 12.1 Å². The maximum absolute atomic E-state index is 11.7. The van der Waals surface area contributed by atoms with Crippen molar-refractivity contribution < 1.29 is 24.5 Å². The number of hydrogen-bond donors (Lipinski definition) is 4. The summed E-state index contributed by atoms with van der Waals surface area (Å²) in [5.41, 5.74) is 0.453. The van der Waals surface area contributed by atoms with E-state index in [0.717, 1.165) is 0 Å². The van der Waals surface area contributed by atoms with Crippen LogP contribution >= 0.6 is 0 Å². The number of nitrogens with zero attached hydrogens (tertiary/aromatic N) is 1. The molecule has 0 unspecified atom stereocenters. The molecule has 8 heteroatoms. The highest BCUT2D eigenvalue weighted by molar-refractivity contribution is 5.92. The molecule has 1 atom stereocenters. The number of nitrogens with one attached hydrogen (secondary N) is 2. The Hall–Kier alpha value is -2.79. The summed E-state index contributed by atoms with van der Waals surface area (Å²) in [4.78, 5) is 22.1. The van der Waals surface area contributed by atoms with E-state index in [2.05, 4.69) is 10.6 Å². The van der Waals surface area contributed by atoms with Crippen LogP contribution in [0.3, 0.4) is 0 Å². The van der Waals surface area contributed by atoms with Gasteiger partial charge < -0.3 is 25.6 Å². The van der Waals surface area contributed by atoms with Gasteiger partial charge in [0, 0.05) is 13.0 Å². The monoisotopic (exact) mass is 293 g/mol. The fraction of sp³-hybridized carbons (Fsp3) is 0.308. The Morgan fingerprint density at radius 1 is 1.48 bits per heavy atom. The van der Waals surface area contributed by atoms with Gasteiger partial charge in [-0.25, -0.2) is 9.59 Å². The van der Waals surface area contributed by atoms with Crippen LogP contribution in [0.15, 0.2) is 18.2 Å². The number of carbonyl (C=O) groups excluding carboxylic acids is 1. The SMILES string of the molecule is COc1cccc(C#N)c1NC(=O)NCC[C@H](O)C(=O)O. The number of carboxylic acids is 1. The molecule has 0 aliphatic heterocycles. The van der Waals surface area contributed by atoms with Gasteiger partial charge in [0.2, 0.25) is 0 Å². The molecule has 112 valence electrons. The van der Waals surface area contributed by atoms with Crippen molar-refractivity contribution in [3.63, 3.8) is 0 Å². The van der Waals surface area contributed by atoms with Gasteiger partial charge in [0.25, 0.3) is 0 Å². The predicted octanol–water partition coefficient (Wildman–Crippen LogP) is 0.524. The standard InChI is InChI=1S/C13H15N3O5/c1-21-10-4-2-3-8(7-14)11(10)16-13(20)15-6-5-9(17)12(18)19/h2-4,9,17H,5-6H2,1H3,(H,18,19)(H2,15,16,20)/t9-/m0/s1. The molecule has 4 N–H and O–H groups in total. The van der Waals surface area contributed by atoms with Gasteiger partial charge in [-0.15, -0.1) is 0 Å². The quantitative estimate of drug-likeness (QED) is 0.604. The molecule has 1 rings (SSSR count). The van der Waals surface area contributed by atoms with E-state index in [1.54, 1.807) is 12.1 Å². The lowest BCUT2D eigenvalue weighted by Gasteiger charge is -2.12. The van der Waals surface area contributed by atoms with Crippen LogP contribution in [-0.2, 0) is 4.79 Å². The van der Waals surface area contributed by atoms with Crippen molar-refractivity contribution in [1.82, 2.24) is 5.32 Å². The summed E-state index contributed by atoms with van der Waals surface area (Å²) in [6, 6.07) is 6.02. The van der Waals surface area contributed by atoms with Crippen molar-refractivity contribution in [2.75, 3.05) is 19.0 Å². The highest BCUT2D eigenvalue weighted by Gasteiger charge is 2.14. The lowest BCUT2D eigenvalue weighted by molar-refractivity contribution is -0.146. The third kappa shape index (κ3) is 4.67. The van der Waals surface area contributed by atoms with Crippen LogP contribution in [0.5, 0.6) is 5.75 Å². The summed E-state index contributed by atoms with van der Waals surface area (Å²) < 4.78 is 5.05. The number of methoxy groups -OCH3 is 1. The van der Waals surface area contributed by atoms with Gasteiger partial charge in [-0.2, -0.15) is 5.26 Å². The molecule has 0 saturated heterocycles. The summed E-state index contributed by atoms with van der Waals surface area (Å²) in [5.74, 6) is -1.02. The lowest BCUT2D eigenvalue weighted by Crippen LogP contribution is -2.33. The first-order chi connectivity index (χ1) is 9.99. The molecule has 2 amide bonds. The van der Waals surface area contributed by atoms with Crippen LogP contribution in [0.4, 0.5) is 10.5 Å². The number of ether oxygens (including phenoxy) is 1. The molecule has 0 aromatic heterocycles. The number of aliphatic hydroxyl groups excluding tert-OH is 1. The zero-order valence-electron chi connectivity index (χ0n) is 11.3. The normalized spacial score (nSPS) is 11.1. The van der Waals surface area contributed by atoms with Crippen LogP contribution in [0.2, 0.25) is 0 Å². The van der Waals surface area contributed by atoms with E-state index in [4.69, 9.17) is 20.2 Å². The molecule has 0 saturated carbocycles. The Morgan fingerprint density at radius 3 is 2.76 bits per heavy atom. The average molecular weight is 293 g/mol. The molecule has 0 aliphatic carbocycles. The number of amides is 2. The van der Waals surface area contributed by atoms with E-state index in [1.165, 1.54) is 13.2 Å². The molecule has 0 radical (unpaired) electrons. The summed E-state index contributed by atoms with van der Waals surface area (Å²) in [6.45, 7) is -0.0314. The minimum atomic E-state index is -1.54. The number of aliphatic hydroxyl groups is 1. The van der Waals surface area contributed by atoms with E-state index < -0.39 is 18.1 Å². The highest BCUT2D eigenvalue weighted by Crippen LogP contribution is 2.27. The summed E-state index contributed by atoms with van der Waals surface area (Å²) in [6.07, 6.45) is -1.66. The van der Waals surface area contributed by atoms with Crippen LogP contribution < -0.4 is 15.4 Å². The summed E-state index contributed by atoms with van der Waals surface area (Å²) in [5, 5.41) is 31.4. The fourth-order valence-electron chi connectivity index (χ4n) is 1.53. The van der Waals surface area contributed by atoms with E-state index >= 15 is 0 Å². The van der Waals surface area contributed by atoms with Crippen molar-refractivity contribution in [1.29, 1.82) is 5.26 Å². The number of carboxylic acid groups (broad SMARTS) is 1. The number of nitriles is 1.